The summed E-state index contributed by atoms with van der Waals surface area (Å²) in [5.41, 5.74) is -1.26. The van der Waals surface area contributed by atoms with Gasteiger partial charge in [-0.1, -0.05) is 17.7 Å². The Morgan fingerprint density at radius 3 is 2.60 bits per heavy atom. The SMILES string of the molecule is Cc1ccc(OCC(=O)N2CCC(F)(C(=O)O)C2)cc1. The van der Waals surface area contributed by atoms with Gasteiger partial charge in [-0.05, 0) is 19.1 Å². The van der Waals surface area contributed by atoms with Crippen molar-refractivity contribution >= 4 is 11.9 Å². The van der Waals surface area contributed by atoms with Gasteiger partial charge in [-0.25, -0.2) is 9.18 Å². The van der Waals surface area contributed by atoms with Crippen LogP contribution in [0.1, 0.15) is 12.0 Å². The maximum Gasteiger partial charge on any atom is 0.343 e. The molecule has 0 aliphatic carbocycles. The second-order valence-corrected chi connectivity index (χ2v) is 4.94. The highest BCUT2D eigenvalue weighted by atomic mass is 19.1. The molecule has 0 spiro atoms. The third-order valence-electron chi connectivity index (χ3n) is 3.34. The van der Waals surface area contributed by atoms with Crippen molar-refractivity contribution in [2.24, 2.45) is 0 Å². The highest BCUT2D eigenvalue weighted by Crippen LogP contribution is 2.26. The number of aryl methyl sites for hydroxylation is 1. The minimum absolute atomic E-state index is 0.0961. The summed E-state index contributed by atoms with van der Waals surface area (Å²) in [5.74, 6) is -1.38. The smallest absolute Gasteiger partial charge is 0.343 e. The summed E-state index contributed by atoms with van der Waals surface area (Å²) < 4.78 is 19.1. The fraction of sp³-hybridized carbons (Fsp3) is 0.429. The van der Waals surface area contributed by atoms with E-state index in [0.29, 0.717) is 5.75 Å². The summed E-state index contributed by atoms with van der Waals surface area (Å²) >= 11 is 0. The van der Waals surface area contributed by atoms with Crippen LogP contribution in [0.2, 0.25) is 0 Å². The second kappa shape index (κ2) is 5.48. The van der Waals surface area contributed by atoms with Gasteiger partial charge in [0.05, 0.1) is 6.54 Å². The van der Waals surface area contributed by atoms with Crippen LogP contribution in [0.5, 0.6) is 5.75 Å². The molecule has 1 aromatic rings. The number of carbonyl (C=O) groups excluding carboxylic acids is 1. The Balaban J connectivity index is 1.87. The lowest BCUT2D eigenvalue weighted by Gasteiger charge is -2.18. The first kappa shape index (κ1) is 14.3. The fourth-order valence-corrected chi connectivity index (χ4v) is 2.03. The summed E-state index contributed by atoms with van der Waals surface area (Å²) in [4.78, 5) is 23.8. The van der Waals surface area contributed by atoms with Crippen molar-refractivity contribution in [2.45, 2.75) is 19.0 Å². The molecule has 1 atom stereocenters. The molecule has 0 aromatic heterocycles. The van der Waals surface area contributed by atoms with Crippen molar-refractivity contribution in [3.8, 4) is 5.75 Å². The van der Waals surface area contributed by atoms with E-state index in [0.717, 1.165) is 5.56 Å². The molecular formula is C14H16FNO4. The Hall–Kier alpha value is -2.11. The molecule has 1 aliphatic rings. The Labute approximate surface area is 116 Å². The topological polar surface area (TPSA) is 66.8 Å². The molecule has 1 unspecified atom stereocenters. The Morgan fingerprint density at radius 1 is 1.40 bits per heavy atom. The number of amides is 1. The lowest BCUT2D eigenvalue weighted by Crippen LogP contribution is -2.40. The van der Waals surface area contributed by atoms with Crippen molar-refractivity contribution < 1.29 is 23.8 Å². The third kappa shape index (κ3) is 3.07. The average Bonchev–Trinajstić information content (AvgIpc) is 2.82. The van der Waals surface area contributed by atoms with E-state index in [4.69, 9.17) is 9.84 Å². The van der Waals surface area contributed by atoms with Gasteiger partial charge in [0.2, 0.25) is 5.67 Å². The van der Waals surface area contributed by atoms with E-state index in [1.165, 1.54) is 4.90 Å². The number of carboxylic acid groups (broad SMARTS) is 1. The second-order valence-electron chi connectivity index (χ2n) is 4.94. The van der Waals surface area contributed by atoms with Crippen LogP contribution in [0.25, 0.3) is 0 Å². The molecule has 1 aliphatic heterocycles. The molecule has 0 radical (unpaired) electrons. The van der Waals surface area contributed by atoms with Crippen LogP contribution < -0.4 is 4.74 Å². The van der Waals surface area contributed by atoms with Crippen molar-refractivity contribution in [2.75, 3.05) is 19.7 Å². The fourth-order valence-electron chi connectivity index (χ4n) is 2.03. The monoisotopic (exact) mass is 281 g/mol. The van der Waals surface area contributed by atoms with E-state index < -0.39 is 24.1 Å². The summed E-state index contributed by atoms with van der Waals surface area (Å²) in [6, 6.07) is 7.19. The van der Waals surface area contributed by atoms with Gasteiger partial charge in [-0.3, -0.25) is 4.79 Å². The molecule has 6 heteroatoms. The van der Waals surface area contributed by atoms with E-state index in [1.54, 1.807) is 12.1 Å². The van der Waals surface area contributed by atoms with Gasteiger partial charge >= 0.3 is 5.97 Å². The van der Waals surface area contributed by atoms with Crippen molar-refractivity contribution in [3.05, 3.63) is 29.8 Å². The van der Waals surface area contributed by atoms with Crippen molar-refractivity contribution in [1.29, 1.82) is 0 Å². The number of carboxylic acids is 1. The molecule has 1 heterocycles. The summed E-state index contributed by atoms with van der Waals surface area (Å²) in [7, 11) is 0. The van der Waals surface area contributed by atoms with Gasteiger partial charge in [0.15, 0.2) is 6.61 Å². The molecule has 0 bridgehead atoms. The van der Waals surface area contributed by atoms with Crippen LogP contribution in [-0.2, 0) is 9.59 Å². The molecule has 108 valence electrons. The average molecular weight is 281 g/mol. The Morgan fingerprint density at radius 2 is 2.05 bits per heavy atom. The van der Waals surface area contributed by atoms with Gasteiger partial charge in [0, 0.05) is 13.0 Å². The zero-order valence-corrected chi connectivity index (χ0v) is 11.1. The highest BCUT2D eigenvalue weighted by Gasteiger charge is 2.46. The first-order chi connectivity index (χ1) is 9.40. The molecule has 1 amide bonds. The Kier molecular flexibility index (Phi) is 3.92. The number of hydrogen-bond donors (Lipinski definition) is 1. The summed E-state index contributed by atoms with van der Waals surface area (Å²) in [6.07, 6.45) is -0.182. The molecule has 5 nitrogen and oxygen atoms in total. The van der Waals surface area contributed by atoms with Gasteiger partial charge in [0.1, 0.15) is 5.75 Å². The first-order valence-electron chi connectivity index (χ1n) is 6.30. The number of benzene rings is 1. The molecule has 1 aromatic carbocycles. The van der Waals surface area contributed by atoms with E-state index in [1.807, 2.05) is 19.1 Å². The largest absolute Gasteiger partial charge is 0.484 e. The summed E-state index contributed by atoms with van der Waals surface area (Å²) in [6.45, 7) is 1.39. The standard InChI is InChI=1S/C14H16FNO4/c1-10-2-4-11(5-3-10)20-8-12(17)16-7-6-14(15,9-16)13(18)19/h2-5H,6-9H2,1H3,(H,18,19). The van der Waals surface area contributed by atoms with Crippen LogP contribution in [-0.4, -0.2) is 47.2 Å². The van der Waals surface area contributed by atoms with Gasteiger partial charge in [-0.2, -0.15) is 0 Å². The third-order valence-corrected chi connectivity index (χ3v) is 3.34. The predicted molar refractivity (Wildman–Crippen MR) is 69.3 cm³/mol. The maximum absolute atomic E-state index is 13.8. The van der Waals surface area contributed by atoms with Crippen molar-refractivity contribution in [3.63, 3.8) is 0 Å². The number of halogens is 1. The number of carbonyl (C=O) groups is 2. The number of ether oxygens (including phenoxy) is 1. The molecular weight excluding hydrogens is 265 g/mol. The maximum atomic E-state index is 13.8. The van der Waals surface area contributed by atoms with Crippen LogP contribution in [0.3, 0.4) is 0 Å². The van der Waals surface area contributed by atoms with Crippen LogP contribution in [0.4, 0.5) is 4.39 Å². The van der Waals surface area contributed by atoms with Gasteiger partial charge in [-0.15, -0.1) is 0 Å². The number of alkyl halides is 1. The molecule has 1 N–H and O–H groups in total. The zero-order chi connectivity index (χ0) is 14.8. The molecule has 2 rings (SSSR count). The lowest BCUT2D eigenvalue weighted by atomic mass is 10.1. The number of rotatable bonds is 4. The minimum atomic E-state index is -2.33. The quantitative estimate of drug-likeness (QED) is 0.906. The summed E-state index contributed by atoms with van der Waals surface area (Å²) in [5, 5.41) is 8.76. The number of hydrogen-bond acceptors (Lipinski definition) is 3. The minimum Gasteiger partial charge on any atom is -0.484 e. The first-order valence-corrected chi connectivity index (χ1v) is 6.30. The van der Waals surface area contributed by atoms with E-state index >= 15 is 0 Å². The van der Waals surface area contributed by atoms with Gasteiger partial charge in [0.25, 0.3) is 5.91 Å². The van der Waals surface area contributed by atoms with E-state index in [2.05, 4.69) is 0 Å². The molecule has 1 fully saturated rings. The predicted octanol–water partition coefficient (Wildman–Crippen LogP) is 1.40. The normalized spacial score (nSPS) is 21.8. The number of aliphatic carboxylic acids is 1. The van der Waals surface area contributed by atoms with Crippen LogP contribution >= 0.6 is 0 Å². The number of likely N-dealkylation sites (tertiary alicyclic amines) is 1. The highest BCUT2D eigenvalue weighted by molar-refractivity contribution is 5.83. The van der Waals surface area contributed by atoms with Crippen LogP contribution in [0, 0.1) is 6.92 Å². The zero-order valence-electron chi connectivity index (χ0n) is 11.1. The molecule has 1 saturated heterocycles. The number of nitrogens with zero attached hydrogens (tertiary/aromatic N) is 1. The van der Waals surface area contributed by atoms with Gasteiger partial charge < -0.3 is 14.7 Å². The van der Waals surface area contributed by atoms with E-state index in [-0.39, 0.29) is 19.6 Å². The lowest BCUT2D eigenvalue weighted by molar-refractivity contribution is -0.150. The Bertz CT molecular complexity index is 516. The van der Waals surface area contributed by atoms with Crippen molar-refractivity contribution in [1.82, 2.24) is 4.90 Å². The molecule has 20 heavy (non-hydrogen) atoms. The van der Waals surface area contributed by atoms with E-state index in [9.17, 15) is 14.0 Å². The van der Waals surface area contributed by atoms with Crippen LogP contribution in [0.15, 0.2) is 24.3 Å². The molecule has 0 saturated carbocycles.